The molecular weight excluding hydrogens is 495 g/mol. The highest BCUT2D eigenvalue weighted by Gasteiger charge is 2.64. The standard InChI is InChI=1S/C28H24Cl2N4O2/c1-2-33-27(36)34(24-13-22(29)12-23(30)14-24)26(35)28(33)18-32(16-20-6-4-3-5-7-20)17-25(28)21-10-8-19(15-31)9-11-21/h3-14,25H,2,16-18H2,1H3. The summed E-state index contributed by atoms with van der Waals surface area (Å²) in [5.74, 6) is -0.581. The van der Waals surface area contributed by atoms with Crippen LogP contribution < -0.4 is 4.90 Å². The predicted molar refractivity (Wildman–Crippen MR) is 140 cm³/mol. The number of amides is 3. The molecule has 2 aliphatic rings. The Labute approximate surface area is 220 Å². The molecule has 0 saturated carbocycles. The average Bonchev–Trinajstić information content (AvgIpc) is 3.33. The number of rotatable bonds is 5. The zero-order valence-electron chi connectivity index (χ0n) is 19.7. The first-order valence-corrected chi connectivity index (χ1v) is 12.5. The fourth-order valence-corrected chi connectivity index (χ4v) is 6.06. The number of carbonyl (C=O) groups is 2. The van der Waals surface area contributed by atoms with E-state index in [9.17, 15) is 14.9 Å². The maximum Gasteiger partial charge on any atom is 0.332 e. The van der Waals surface area contributed by atoms with Crippen LogP contribution in [-0.4, -0.2) is 46.9 Å². The summed E-state index contributed by atoms with van der Waals surface area (Å²) in [6.45, 7) is 3.87. The van der Waals surface area contributed by atoms with Gasteiger partial charge in [0.2, 0.25) is 0 Å². The Morgan fingerprint density at radius 2 is 1.67 bits per heavy atom. The van der Waals surface area contributed by atoms with Crippen LogP contribution in [0, 0.1) is 11.3 Å². The molecule has 36 heavy (non-hydrogen) atoms. The highest BCUT2D eigenvalue weighted by atomic mass is 35.5. The van der Waals surface area contributed by atoms with Crippen LogP contribution in [0.1, 0.15) is 29.5 Å². The maximum atomic E-state index is 14.3. The summed E-state index contributed by atoms with van der Waals surface area (Å²) < 4.78 is 0. The minimum atomic E-state index is -1.11. The third kappa shape index (κ3) is 4.04. The number of anilines is 1. The summed E-state index contributed by atoms with van der Waals surface area (Å²) in [4.78, 5) is 33.2. The molecule has 0 bridgehead atoms. The van der Waals surface area contributed by atoms with E-state index in [1.807, 2.05) is 37.3 Å². The van der Waals surface area contributed by atoms with Crippen molar-refractivity contribution in [2.75, 3.05) is 24.5 Å². The number of carbonyl (C=O) groups excluding carboxylic acids is 2. The van der Waals surface area contributed by atoms with E-state index in [1.54, 1.807) is 35.2 Å². The predicted octanol–water partition coefficient (Wildman–Crippen LogP) is 5.69. The van der Waals surface area contributed by atoms with Crippen LogP contribution in [-0.2, 0) is 11.3 Å². The number of likely N-dealkylation sites (tertiary alicyclic amines) is 1. The second-order valence-corrected chi connectivity index (χ2v) is 10.0. The Morgan fingerprint density at radius 3 is 2.28 bits per heavy atom. The van der Waals surface area contributed by atoms with Crippen LogP contribution in [0.25, 0.3) is 0 Å². The van der Waals surface area contributed by atoms with Gasteiger partial charge in [-0.1, -0.05) is 65.7 Å². The first-order valence-electron chi connectivity index (χ1n) is 11.8. The summed E-state index contributed by atoms with van der Waals surface area (Å²) in [6, 6.07) is 23.9. The molecule has 8 heteroatoms. The van der Waals surface area contributed by atoms with Crippen molar-refractivity contribution in [1.82, 2.24) is 9.80 Å². The molecule has 3 amide bonds. The largest absolute Gasteiger partial charge is 0.332 e. The van der Waals surface area contributed by atoms with Gasteiger partial charge in [0.05, 0.1) is 17.3 Å². The van der Waals surface area contributed by atoms with Crippen molar-refractivity contribution in [3.63, 3.8) is 0 Å². The summed E-state index contributed by atoms with van der Waals surface area (Å²) >= 11 is 12.5. The van der Waals surface area contributed by atoms with Crippen molar-refractivity contribution in [2.24, 2.45) is 0 Å². The van der Waals surface area contributed by atoms with Crippen molar-refractivity contribution >= 4 is 40.8 Å². The van der Waals surface area contributed by atoms with Crippen molar-refractivity contribution in [1.29, 1.82) is 5.26 Å². The number of likely N-dealkylation sites (N-methyl/N-ethyl adjacent to an activating group) is 1. The van der Waals surface area contributed by atoms with Gasteiger partial charge in [-0.3, -0.25) is 9.69 Å². The highest BCUT2D eigenvalue weighted by Crippen LogP contribution is 2.47. The third-order valence-corrected chi connectivity index (χ3v) is 7.51. The summed E-state index contributed by atoms with van der Waals surface area (Å²) in [6.07, 6.45) is 0. The van der Waals surface area contributed by atoms with Gasteiger partial charge in [0, 0.05) is 42.1 Å². The van der Waals surface area contributed by atoms with E-state index in [4.69, 9.17) is 23.2 Å². The number of nitriles is 1. The molecule has 0 N–H and O–H groups in total. The molecule has 2 heterocycles. The SMILES string of the molecule is CCN1C(=O)N(c2cc(Cl)cc(Cl)c2)C(=O)C12CN(Cc1ccccc1)CC2c1ccc(C#N)cc1. The normalized spacial score (nSPS) is 22.0. The van der Waals surface area contributed by atoms with Gasteiger partial charge in [-0.25, -0.2) is 9.69 Å². The summed E-state index contributed by atoms with van der Waals surface area (Å²) in [7, 11) is 0. The minimum Gasteiger partial charge on any atom is -0.307 e. The topological polar surface area (TPSA) is 67.7 Å². The van der Waals surface area contributed by atoms with Crippen LogP contribution in [0.5, 0.6) is 0 Å². The van der Waals surface area contributed by atoms with Gasteiger partial charge in [0.1, 0.15) is 5.54 Å². The van der Waals surface area contributed by atoms with Crippen LogP contribution in [0.3, 0.4) is 0 Å². The molecule has 2 aliphatic heterocycles. The molecule has 3 aromatic carbocycles. The van der Waals surface area contributed by atoms with E-state index in [0.29, 0.717) is 47.5 Å². The van der Waals surface area contributed by atoms with E-state index in [-0.39, 0.29) is 17.9 Å². The van der Waals surface area contributed by atoms with Gasteiger partial charge >= 0.3 is 6.03 Å². The fourth-order valence-electron chi connectivity index (χ4n) is 5.55. The maximum absolute atomic E-state index is 14.3. The van der Waals surface area contributed by atoms with Crippen LogP contribution in [0.15, 0.2) is 72.8 Å². The number of hydrogen-bond acceptors (Lipinski definition) is 4. The molecule has 6 nitrogen and oxygen atoms in total. The molecule has 0 aliphatic carbocycles. The number of nitrogens with zero attached hydrogens (tertiary/aromatic N) is 4. The van der Waals surface area contributed by atoms with Crippen molar-refractivity contribution < 1.29 is 9.59 Å². The van der Waals surface area contributed by atoms with Gasteiger partial charge < -0.3 is 4.90 Å². The zero-order valence-corrected chi connectivity index (χ0v) is 21.2. The lowest BCUT2D eigenvalue weighted by Gasteiger charge is -2.35. The zero-order chi connectivity index (χ0) is 25.4. The van der Waals surface area contributed by atoms with E-state index in [2.05, 4.69) is 23.1 Å². The minimum absolute atomic E-state index is 0.287. The molecule has 3 aromatic rings. The van der Waals surface area contributed by atoms with Gasteiger partial charge in [0.25, 0.3) is 5.91 Å². The number of imide groups is 1. The quantitative estimate of drug-likeness (QED) is 0.406. The lowest BCUT2D eigenvalue weighted by molar-refractivity contribution is -0.125. The average molecular weight is 519 g/mol. The molecule has 5 rings (SSSR count). The fraction of sp³-hybridized carbons (Fsp3) is 0.250. The Morgan fingerprint density at radius 1 is 1.00 bits per heavy atom. The molecule has 182 valence electrons. The molecule has 1 spiro atoms. The van der Waals surface area contributed by atoms with Gasteiger partial charge in [-0.15, -0.1) is 0 Å². The lowest BCUT2D eigenvalue weighted by Crippen LogP contribution is -2.55. The molecular formula is C28H24Cl2N4O2. The van der Waals surface area contributed by atoms with Crippen molar-refractivity contribution in [3.8, 4) is 6.07 Å². The number of halogens is 2. The number of urea groups is 1. The van der Waals surface area contributed by atoms with Gasteiger partial charge in [-0.05, 0) is 48.4 Å². The smallest absolute Gasteiger partial charge is 0.307 e. The van der Waals surface area contributed by atoms with Crippen molar-refractivity contribution in [2.45, 2.75) is 24.9 Å². The summed E-state index contributed by atoms with van der Waals surface area (Å²) in [5, 5.41) is 9.97. The van der Waals surface area contributed by atoms with Crippen LogP contribution >= 0.6 is 23.2 Å². The first kappa shape index (κ1) is 24.3. The lowest BCUT2D eigenvalue weighted by atomic mass is 9.80. The van der Waals surface area contributed by atoms with Gasteiger partial charge in [-0.2, -0.15) is 5.26 Å². The van der Waals surface area contributed by atoms with E-state index < -0.39 is 5.54 Å². The number of hydrogen-bond donors (Lipinski definition) is 0. The Bertz CT molecular complexity index is 1340. The third-order valence-electron chi connectivity index (χ3n) is 7.07. The Balaban J connectivity index is 1.61. The summed E-state index contributed by atoms with van der Waals surface area (Å²) in [5.41, 5.74) is 1.84. The molecule has 0 radical (unpaired) electrons. The molecule has 0 aromatic heterocycles. The van der Waals surface area contributed by atoms with Gasteiger partial charge in [0.15, 0.2) is 0 Å². The van der Waals surface area contributed by atoms with Crippen LogP contribution in [0.4, 0.5) is 10.5 Å². The second kappa shape index (κ2) is 9.59. The molecule has 2 saturated heterocycles. The molecule has 2 fully saturated rings. The monoisotopic (exact) mass is 518 g/mol. The van der Waals surface area contributed by atoms with Crippen molar-refractivity contribution in [3.05, 3.63) is 99.5 Å². The van der Waals surface area contributed by atoms with E-state index in [0.717, 1.165) is 11.1 Å². The molecule has 2 unspecified atom stereocenters. The van der Waals surface area contributed by atoms with Crippen LogP contribution in [0.2, 0.25) is 10.0 Å². The number of benzene rings is 3. The highest BCUT2D eigenvalue weighted by molar-refractivity contribution is 6.35. The Hall–Kier alpha value is -3.37. The van der Waals surface area contributed by atoms with E-state index in [1.165, 1.54) is 4.90 Å². The molecule has 2 atom stereocenters. The first-order chi connectivity index (χ1) is 17.4. The van der Waals surface area contributed by atoms with E-state index >= 15 is 0 Å². The second-order valence-electron chi connectivity index (χ2n) is 9.16. The Kier molecular flexibility index (Phi) is 6.48.